The number of unbranched alkanes of at least 4 members (excludes halogenated alkanes) is 1. The third kappa shape index (κ3) is 4.42. The number of ether oxygens (including phenoxy) is 1. The summed E-state index contributed by atoms with van der Waals surface area (Å²) in [5, 5.41) is 0. The Kier molecular flexibility index (Phi) is 5.91. The van der Waals surface area contributed by atoms with Crippen LogP contribution in [0.2, 0.25) is 0 Å². The average Bonchev–Trinajstić information content (AvgIpc) is 3.33. The molecule has 26 heavy (non-hydrogen) atoms. The molecule has 0 aromatic carbocycles. The van der Waals surface area contributed by atoms with Crippen LogP contribution in [-0.4, -0.2) is 26.6 Å². The van der Waals surface area contributed by atoms with Crippen molar-refractivity contribution in [3.05, 3.63) is 29.3 Å². The molecule has 0 bridgehead atoms. The molecule has 1 aliphatic rings. The number of Topliss-reactive ketones (excluding diaryl/α,β-unsaturated/α-hetero) is 1. The van der Waals surface area contributed by atoms with Gasteiger partial charge in [-0.25, -0.2) is 4.98 Å². The Morgan fingerprint density at radius 2 is 2.08 bits per heavy atom. The van der Waals surface area contributed by atoms with Crippen molar-refractivity contribution in [3.8, 4) is 5.88 Å². The lowest BCUT2D eigenvalue weighted by Gasteiger charge is -2.03. The fraction of sp³-hybridized carbons (Fsp3) is 0.550. The number of rotatable bonds is 7. The van der Waals surface area contributed by atoms with Gasteiger partial charge in [0.05, 0.1) is 0 Å². The van der Waals surface area contributed by atoms with E-state index >= 15 is 0 Å². The Bertz CT molecular complexity index is 782. The molecule has 0 unspecified atom stereocenters. The van der Waals surface area contributed by atoms with E-state index < -0.39 is 0 Å². The van der Waals surface area contributed by atoms with Crippen LogP contribution < -0.4 is 4.74 Å². The molecule has 2 heterocycles. The largest absolute Gasteiger partial charge is 0.427 e. The first-order valence-corrected chi connectivity index (χ1v) is 9.58. The number of aryl methyl sites for hydroxylation is 1. The van der Waals surface area contributed by atoms with Gasteiger partial charge in [0, 0.05) is 31.0 Å². The molecule has 0 spiro atoms. The topological polar surface area (TPSA) is 83.1 Å². The van der Waals surface area contributed by atoms with E-state index in [2.05, 4.69) is 26.9 Å². The van der Waals surface area contributed by atoms with Gasteiger partial charge in [-0.3, -0.25) is 4.79 Å². The lowest BCUT2D eigenvalue weighted by atomic mass is 10.1. The number of H-pyrrole nitrogens is 2. The normalized spacial score (nSPS) is 15.6. The van der Waals surface area contributed by atoms with Gasteiger partial charge >= 0.3 is 0 Å². The van der Waals surface area contributed by atoms with E-state index in [1.165, 1.54) is 12.8 Å². The number of aromatic nitrogens is 3. The van der Waals surface area contributed by atoms with Gasteiger partial charge in [0.25, 0.3) is 0 Å². The quantitative estimate of drug-likeness (QED) is 0.406. The third-order valence-corrected chi connectivity index (χ3v) is 4.81. The molecule has 0 radical (unpaired) electrons. The number of aliphatic imine (C=N–C) groups is 1. The van der Waals surface area contributed by atoms with E-state index in [4.69, 9.17) is 4.74 Å². The van der Waals surface area contributed by atoms with Crippen molar-refractivity contribution in [1.82, 2.24) is 15.0 Å². The Morgan fingerprint density at radius 3 is 2.73 bits per heavy atom. The van der Waals surface area contributed by atoms with Gasteiger partial charge in [-0.15, -0.1) is 0 Å². The lowest BCUT2D eigenvalue weighted by Crippen LogP contribution is -2.04. The highest BCUT2D eigenvalue weighted by Crippen LogP contribution is 2.34. The van der Waals surface area contributed by atoms with Crippen LogP contribution in [0.15, 0.2) is 17.1 Å². The zero-order valence-electron chi connectivity index (χ0n) is 15.9. The van der Waals surface area contributed by atoms with Crippen LogP contribution >= 0.6 is 0 Å². The van der Waals surface area contributed by atoms with E-state index in [-0.39, 0.29) is 5.78 Å². The van der Waals surface area contributed by atoms with Crippen molar-refractivity contribution in [2.24, 2.45) is 4.99 Å². The van der Waals surface area contributed by atoms with Gasteiger partial charge in [-0.05, 0) is 32.3 Å². The molecule has 0 amide bonds. The highest BCUT2D eigenvalue weighted by molar-refractivity contribution is 5.99. The lowest BCUT2D eigenvalue weighted by molar-refractivity contribution is 0.0976. The average molecular weight is 356 g/mol. The first kappa shape index (κ1) is 18.4. The third-order valence-electron chi connectivity index (χ3n) is 4.81. The zero-order chi connectivity index (χ0) is 18.5. The Hall–Kier alpha value is -2.37. The molecule has 6 nitrogen and oxygen atoms in total. The molecule has 2 N–H and O–H groups in total. The second-order valence-corrected chi connectivity index (χ2v) is 7.07. The molecular weight excluding hydrogens is 328 g/mol. The molecule has 0 aliphatic heterocycles. The highest BCUT2D eigenvalue weighted by Gasteiger charge is 2.24. The zero-order valence-corrected chi connectivity index (χ0v) is 15.9. The SMILES string of the molecule is CCCCC(=O)c1[nH]c(C2CCCC2)nc1/N=C(\C)Oc1ccc(C)[nH]1. The summed E-state index contributed by atoms with van der Waals surface area (Å²) in [6.07, 6.45) is 7.06. The minimum absolute atomic E-state index is 0.0749. The second-order valence-electron chi connectivity index (χ2n) is 7.07. The van der Waals surface area contributed by atoms with Gasteiger partial charge in [0.15, 0.2) is 23.4 Å². The number of nitrogens with zero attached hydrogens (tertiary/aromatic N) is 2. The summed E-state index contributed by atoms with van der Waals surface area (Å²) in [4.78, 5) is 28.1. The first-order chi connectivity index (χ1) is 12.6. The molecule has 1 fully saturated rings. The fourth-order valence-electron chi connectivity index (χ4n) is 3.38. The van der Waals surface area contributed by atoms with E-state index in [0.29, 0.717) is 35.6 Å². The summed E-state index contributed by atoms with van der Waals surface area (Å²) in [6.45, 7) is 5.82. The van der Waals surface area contributed by atoms with Gasteiger partial charge in [-0.2, -0.15) is 4.99 Å². The molecule has 140 valence electrons. The summed E-state index contributed by atoms with van der Waals surface area (Å²) < 4.78 is 5.72. The van der Waals surface area contributed by atoms with Crippen molar-refractivity contribution in [3.63, 3.8) is 0 Å². The number of ketones is 1. The van der Waals surface area contributed by atoms with Crippen LogP contribution in [0.5, 0.6) is 5.88 Å². The van der Waals surface area contributed by atoms with Crippen LogP contribution in [-0.2, 0) is 0 Å². The monoisotopic (exact) mass is 356 g/mol. The maximum atomic E-state index is 12.6. The molecule has 1 aliphatic carbocycles. The van der Waals surface area contributed by atoms with Gasteiger partial charge < -0.3 is 14.7 Å². The number of aromatic amines is 2. The summed E-state index contributed by atoms with van der Waals surface area (Å²) in [5.74, 6) is 2.92. The molecule has 2 aromatic heterocycles. The summed E-state index contributed by atoms with van der Waals surface area (Å²) in [6, 6.07) is 3.80. The van der Waals surface area contributed by atoms with Gasteiger partial charge in [0.2, 0.25) is 0 Å². The molecule has 1 saturated carbocycles. The minimum Gasteiger partial charge on any atom is -0.427 e. The second kappa shape index (κ2) is 8.34. The van der Waals surface area contributed by atoms with Crippen molar-refractivity contribution in [2.45, 2.75) is 71.6 Å². The predicted molar refractivity (Wildman–Crippen MR) is 103 cm³/mol. The number of hydrogen-bond acceptors (Lipinski definition) is 4. The first-order valence-electron chi connectivity index (χ1n) is 9.58. The van der Waals surface area contributed by atoms with Gasteiger partial charge in [0.1, 0.15) is 11.5 Å². The molecule has 6 heteroatoms. The Balaban J connectivity index is 1.84. The van der Waals surface area contributed by atoms with E-state index in [9.17, 15) is 4.79 Å². The highest BCUT2D eigenvalue weighted by atomic mass is 16.5. The van der Waals surface area contributed by atoms with E-state index in [0.717, 1.165) is 37.2 Å². The van der Waals surface area contributed by atoms with Crippen LogP contribution in [0, 0.1) is 6.92 Å². The molecule has 0 atom stereocenters. The van der Waals surface area contributed by atoms with Crippen LogP contribution in [0.1, 0.15) is 86.7 Å². The van der Waals surface area contributed by atoms with E-state index in [1.807, 2.05) is 19.1 Å². The molecule has 2 aromatic rings. The summed E-state index contributed by atoms with van der Waals surface area (Å²) >= 11 is 0. The van der Waals surface area contributed by atoms with Gasteiger partial charge in [-0.1, -0.05) is 26.2 Å². The number of nitrogens with one attached hydrogen (secondary N) is 2. The number of hydrogen-bond donors (Lipinski definition) is 2. The maximum Gasteiger partial charge on any atom is 0.199 e. The smallest absolute Gasteiger partial charge is 0.199 e. The summed E-state index contributed by atoms with van der Waals surface area (Å²) in [7, 11) is 0. The number of carbonyl (C=O) groups is 1. The molecule has 3 rings (SSSR count). The van der Waals surface area contributed by atoms with Crippen LogP contribution in [0.3, 0.4) is 0 Å². The van der Waals surface area contributed by atoms with Crippen molar-refractivity contribution in [2.75, 3.05) is 0 Å². The van der Waals surface area contributed by atoms with E-state index in [1.54, 1.807) is 6.92 Å². The Morgan fingerprint density at radius 1 is 1.31 bits per heavy atom. The van der Waals surface area contributed by atoms with Crippen molar-refractivity contribution in [1.29, 1.82) is 0 Å². The van der Waals surface area contributed by atoms with Crippen LogP contribution in [0.25, 0.3) is 0 Å². The van der Waals surface area contributed by atoms with Crippen molar-refractivity contribution >= 4 is 17.5 Å². The maximum absolute atomic E-state index is 12.6. The number of carbonyl (C=O) groups excluding carboxylic acids is 1. The van der Waals surface area contributed by atoms with Crippen molar-refractivity contribution < 1.29 is 9.53 Å². The fourth-order valence-corrected chi connectivity index (χ4v) is 3.38. The Labute approximate surface area is 154 Å². The standard InChI is InChI=1S/C20H28N4O2/c1-4-5-10-16(25)18-20(24-19(23-18)15-8-6-7-9-15)22-14(3)26-17-12-11-13(2)21-17/h11-12,15,21H,4-10H2,1-3H3,(H,23,24)/b22-14+. The predicted octanol–water partition coefficient (Wildman–Crippen LogP) is 5.21. The number of imidazole rings is 1. The molecule has 0 saturated heterocycles. The summed E-state index contributed by atoms with van der Waals surface area (Å²) in [5.41, 5.74) is 1.54. The van der Waals surface area contributed by atoms with Crippen LogP contribution in [0.4, 0.5) is 5.82 Å². The molecular formula is C20H28N4O2. The minimum atomic E-state index is 0.0749.